The molecule has 0 aliphatic rings. The lowest BCUT2D eigenvalue weighted by Crippen LogP contribution is -2.45. The minimum absolute atomic E-state index is 0.00691. The van der Waals surface area contributed by atoms with Gasteiger partial charge in [-0.3, -0.25) is 9.59 Å². The summed E-state index contributed by atoms with van der Waals surface area (Å²) in [4.78, 5) is 24.5. The van der Waals surface area contributed by atoms with E-state index < -0.39 is 12.1 Å². The van der Waals surface area contributed by atoms with Crippen molar-refractivity contribution >= 4 is 11.9 Å². The van der Waals surface area contributed by atoms with Crippen molar-refractivity contribution in [3.63, 3.8) is 0 Å². The number of carbonyl (C=O) groups is 2. The highest BCUT2D eigenvalue weighted by atomic mass is 16.5. The van der Waals surface area contributed by atoms with Crippen molar-refractivity contribution in [3.8, 4) is 0 Å². The first-order valence-electron chi connectivity index (χ1n) is 29.9. The number of nitrogens with one attached hydrogen (secondary N) is 1. The van der Waals surface area contributed by atoms with Gasteiger partial charge in [-0.05, 0) is 51.4 Å². The molecule has 0 aromatic carbocycles. The number of ether oxygens (including phenoxy) is 1. The van der Waals surface area contributed by atoms with Gasteiger partial charge in [0.25, 0.3) is 0 Å². The molecule has 6 heteroatoms. The van der Waals surface area contributed by atoms with Gasteiger partial charge in [0.05, 0.1) is 25.4 Å². The Balaban J connectivity index is 3.34. The fourth-order valence-electron chi connectivity index (χ4n) is 9.46. The molecule has 0 spiro atoms. The van der Waals surface area contributed by atoms with Crippen LogP contribution in [0.5, 0.6) is 0 Å². The third kappa shape index (κ3) is 52.0. The topological polar surface area (TPSA) is 95.9 Å². The highest BCUT2D eigenvalue weighted by Crippen LogP contribution is 2.18. The number of amides is 1. The number of rotatable bonds is 56. The van der Waals surface area contributed by atoms with Crippen LogP contribution in [-0.4, -0.2) is 47.4 Å². The van der Waals surface area contributed by atoms with Gasteiger partial charge in [-0.2, -0.15) is 0 Å². The molecule has 3 N–H and O–H groups in total. The van der Waals surface area contributed by atoms with Crippen LogP contribution in [-0.2, 0) is 14.3 Å². The summed E-state index contributed by atoms with van der Waals surface area (Å²) in [5, 5.41) is 23.2. The second kappa shape index (κ2) is 56.2. The molecule has 0 radical (unpaired) electrons. The van der Waals surface area contributed by atoms with Crippen molar-refractivity contribution in [3.05, 3.63) is 12.2 Å². The number of allylic oxidation sites excluding steroid dienone is 2. The Morgan fingerprint density at radius 3 is 1.08 bits per heavy atom. The number of aliphatic hydroxyl groups excluding tert-OH is 2. The number of esters is 1. The molecular formula is C60H117NO5. The summed E-state index contributed by atoms with van der Waals surface area (Å²) in [6.07, 6.45) is 66.5. The summed E-state index contributed by atoms with van der Waals surface area (Å²) in [6.45, 7) is 4.95. The van der Waals surface area contributed by atoms with E-state index in [0.29, 0.717) is 25.9 Å². The molecule has 0 heterocycles. The zero-order chi connectivity index (χ0) is 47.9. The Labute approximate surface area is 412 Å². The van der Waals surface area contributed by atoms with Crippen LogP contribution >= 0.6 is 0 Å². The molecule has 0 saturated carbocycles. The van der Waals surface area contributed by atoms with E-state index in [1.165, 1.54) is 257 Å². The third-order valence-electron chi connectivity index (χ3n) is 14.1. The van der Waals surface area contributed by atoms with Crippen molar-refractivity contribution in [2.24, 2.45) is 0 Å². The summed E-state index contributed by atoms with van der Waals surface area (Å²) >= 11 is 0. The first kappa shape index (κ1) is 64.6. The van der Waals surface area contributed by atoms with Crippen molar-refractivity contribution in [2.45, 2.75) is 347 Å². The van der Waals surface area contributed by atoms with Gasteiger partial charge in [0, 0.05) is 12.8 Å². The third-order valence-corrected chi connectivity index (χ3v) is 14.1. The molecule has 2 unspecified atom stereocenters. The number of hydrogen-bond acceptors (Lipinski definition) is 5. The van der Waals surface area contributed by atoms with Crippen LogP contribution in [0.15, 0.2) is 12.2 Å². The Hall–Kier alpha value is -1.40. The standard InChI is InChI=1S/C60H117NO5/c1-3-5-7-9-11-13-15-16-26-30-34-38-42-46-50-54-60(65)66-55-51-47-43-39-35-31-28-25-23-21-19-17-18-20-22-24-27-29-33-37-41-45-49-53-59(64)61-57(56-62)58(63)52-48-44-40-36-32-14-12-10-8-6-4-2/h16,26,57-58,62-63H,3-15,17-25,27-56H2,1-2H3,(H,61,64)/b26-16-. The number of aliphatic hydroxyl groups is 2. The average Bonchev–Trinajstić information content (AvgIpc) is 3.32. The summed E-state index contributed by atoms with van der Waals surface area (Å²) in [5.41, 5.74) is 0. The molecule has 392 valence electrons. The van der Waals surface area contributed by atoms with Crippen molar-refractivity contribution < 1.29 is 24.5 Å². The zero-order valence-corrected chi connectivity index (χ0v) is 44.7. The van der Waals surface area contributed by atoms with E-state index in [4.69, 9.17) is 4.74 Å². The normalized spacial score (nSPS) is 12.6. The molecule has 0 saturated heterocycles. The second-order valence-corrected chi connectivity index (χ2v) is 20.7. The van der Waals surface area contributed by atoms with Gasteiger partial charge in [0.2, 0.25) is 5.91 Å². The largest absolute Gasteiger partial charge is 0.466 e. The highest BCUT2D eigenvalue weighted by Gasteiger charge is 2.20. The van der Waals surface area contributed by atoms with Gasteiger partial charge in [0.15, 0.2) is 0 Å². The maximum atomic E-state index is 12.4. The van der Waals surface area contributed by atoms with Crippen LogP contribution in [0.25, 0.3) is 0 Å². The Morgan fingerprint density at radius 1 is 0.409 bits per heavy atom. The first-order chi connectivity index (χ1) is 32.5. The smallest absolute Gasteiger partial charge is 0.305 e. The Morgan fingerprint density at radius 2 is 0.712 bits per heavy atom. The maximum absolute atomic E-state index is 12.4. The zero-order valence-electron chi connectivity index (χ0n) is 44.7. The van der Waals surface area contributed by atoms with Crippen LogP contribution in [0.3, 0.4) is 0 Å². The van der Waals surface area contributed by atoms with E-state index in [9.17, 15) is 19.8 Å². The quantitative estimate of drug-likeness (QED) is 0.0321. The highest BCUT2D eigenvalue weighted by molar-refractivity contribution is 5.76. The van der Waals surface area contributed by atoms with Gasteiger partial charge in [-0.1, -0.05) is 283 Å². The van der Waals surface area contributed by atoms with E-state index in [1.807, 2.05) is 0 Å². The molecule has 0 fully saturated rings. The minimum atomic E-state index is -0.661. The molecule has 66 heavy (non-hydrogen) atoms. The van der Waals surface area contributed by atoms with Crippen LogP contribution in [0.4, 0.5) is 0 Å². The van der Waals surface area contributed by atoms with Crippen molar-refractivity contribution in [1.82, 2.24) is 5.32 Å². The Bertz CT molecular complexity index is 986. The summed E-state index contributed by atoms with van der Waals surface area (Å²) < 4.78 is 5.48. The summed E-state index contributed by atoms with van der Waals surface area (Å²) in [5.74, 6) is -0.0273. The lowest BCUT2D eigenvalue weighted by molar-refractivity contribution is -0.143. The molecular weight excluding hydrogens is 815 g/mol. The molecule has 0 aromatic rings. The SMILES string of the molecule is CCCCCCCC/C=C\CCCCCCCC(=O)OCCCCCCCCCCCCCCCCCCCCCCCCCC(=O)NC(CO)C(O)CCCCCCCCCCCCC. The second-order valence-electron chi connectivity index (χ2n) is 20.7. The lowest BCUT2D eigenvalue weighted by Gasteiger charge is -2.22. The maximum Gasteiger partial charge on any atom is 0.305 e. The van der Waals surface area contributed by atoms with Gasteiger partial charge < -0.3 is 20.3 Å². The van der Waals surface area contributed by atoms with Crippen LogP contribution < -0.4 is 5.32 Å². The van der Waals surface area contributed by atoms with E-state index in [2.05, 4.69) is 31.3 Å². The van der Waals surface area contributed by atoms with Gasteiger partial charge in [-0.25, -0.2) is 0 Å². The number of unbranched alkanes of at least 4 members (excludes halogenated alkanes) is 43. The average molecular weight is 933 g/mol. The fourth-order valence-corrected chi connectivity index (χ4v) is 9.46. The number of carbonyl (C=O) groups excluding carboxylic acids is 2. The molecule has 0 aliphatic heterocycles. The minimum Gasteiger partial charge on any atom is -0.466 e. The van der Waals surface area contributed by atoms with Crippen molar-refractivity contribution in [2.75, 3.05) is 13.2 Å². The van der Waals surface area contributed by atoms with Gasteiger partial charge in [-0.15, -0.1) is 0 Å². The van der Waals surface area contributed by atoms with Crippen LogP contribution in [0, 0.1) is 0 Å². The van der Waals surface area contributed by atoms with Gasteiger partial charge in [0.1, 0.15) is 0 Å². The fraction of sp³-hybridized carbons (Fsp3) is 0.933. The van der Waals surface area contributed by atoms with E-state index in [1.54, 1.807) is 0 Å². The summed E-state index contributed by atoms with van der Waals surface area (Å²) in [7, 11) is 0. The predicted molar refractivity (Wildman–Crippen MR) is 287 cm³/mol. The Kier molecular flexibility index (Phi) is 55.0. The predicted octanol–water partition coefficient (Wildman–Crippen LogP) is 18.5. The molecule has 0 rings (SSSR count). The van der Waals surface area contributed by atoms with Gasteiger partial charge >= 0.3 is 5.97 Å². The van der Waals surface area contributed by atoms with Crippen LogP contribution in [0.2, 0.25) is 0 Å². The van der Waals surface area contributed by atoms with Crippen molar-refractivity contribution in [1.29, 1.82) is 0 Å². The number of hydrogen-bond donors (Lipinski definition) is 3. The van der Waals surface area contributed by atoms with E-state index in [0.717, 1.165) is 44.9 Å². The lowest BCUT2D eigenvalue weighted by atomic mass is 10.0. The first-order valence-corrected chi connectivity index (χ1v) is 29.9. The molecule has 2 atom stereocenters. The van der Waals surface area contributed by atoms with Crippen LogP contribution in [0.1, 0.15) is 335 Å². The molecule has 0 aliphatic carbocycles. The molecule has 6 nitrogen and oxygen atoms in total. The van der Waals surface area contributed by atoms with E-state index in [-0.39, 0.29) is 18.5 Å². The molecule has 0 aromatic heterocycles. The monoisotopic (exact) mass is 932 g/mol. The van der Waals surface area contributed by atoms with E-state index >= 15 is 0 Å². The summed E-state index contributed by atoms with van der Waals surface area (Å²) in [6, 6.07) is -0.539. The molecule has 1 amide bonds. The molecule has 0 bridgehead atoms.